The van der Waals surface area contributed by atoms with Crippen LogP contribution in [0.2, 0.25) is 0 Å². The van der Waals surface area contributed by atoms with Gasteiger partial charge in [0.1, 0.15) is 6.04 Å². The highest BCUT2D eigenvalue weighted by atomic mass is 32.1. The van der Waals surface area contributed by atoms with Gasteiger partial charge in [-0.1, -0.05) is 30.3 Å². The van der Waals surface area contributed by atoms with E-state index in [0.717, 1.165) is 11.1 Å². The molecule has 4 rings (SSSR count). The number of carbonyl (C=O) groups excluding carboxylic acids is 3. The first kappa shape index (κ1) is 21.8. The third-order valence-electron chi connectivity index (χ3n) is 5.59. The number of hydrogen-bond acceptors (Lipinski definition) is 4. The Balaban J connectivity index is 1.57. The van der Waals surface area contributed by atoms with Crippen molar-refractivity contribution in [3.8, 4) is 10.4 Å². The zero-order chi connectivity index (χ0) is 22.7. The van der Waals surface area contributed by atoms with E-state index in [0.29, 0.717) is 30.8 Å². The van der Waals surface area contributed by atoms with Crippen LogP contribution >= 0.6 is 11.3 Å². The largest absolute Gasteiger partial charge is 0.342 e. The van der Waals surface area contributed by atoms with Gasteiger partial charge in [-0.05, 0) is 46.8 Å². The Morgan fingerprint density at radius 1 is 1.06 bits per heavy atom. The van der Waals surface area contributed by atoms with Crippen LogP contribution in [0.1, 0.15) is 22.8 Å². The van der Waals surface area contributed by atoms with Gasteiger partial charge in [0, 0.05) is 49.6 Å². The highest BCUT2D eigenvalue weighted by Crippen LogP contribution is 2.27. The smallest absolute Gasteiger partial charge is 0.254 e. The molecule has 0 spiro atoms. The lowest BCUT2D eigenvalue weighted by molar-refractivity contribution is -0.138. The maximum absolute atomic E-state index is 13.3. The molecule has 1 N–H and O–H groups in total. The lowest BCUT2D eigenvalue weighted by Crippen LogP contribution is -2.58. The first-order valence-electron chi connectivity index (χ1n) is 10.5. The van der Waals surface area contributed by atoms with Gasteiger partial charge < -0.3 is 15.1 Å². The molecule has 0 aliphatic carbocycles. The number of amides is 3. The normalized spacial score (nSPS) is 16.2. The summed E-state index contributed by atoms with van der Waals surface area (Å²) in [6.07, 6.45) is 0.456. The van der Waals surface area contributed by atoms with Crippen LogP contribution in [0.5, 0.6) is 0 Å². The number of rotatable bonds is 5. The van der Waals surface area contributed by atoms with Crippen molar-refractivity contribution in [1.82, 2.24) is 9.80 Å². The van der Waals surface area contributed by atoms with Crippen LogP contribution in [-0.4, -0.2) is 53.7 Å². The van der Waals surface area contributed by atoms with E-state index in [1.807, 2.05) is 23.6 Å². The van der Waals surface area contributed by atoms with E-state index >= 15 is 0 Å². The van der Waals surface area contributed by atoms with E-state index in [-0.39, 0.29) is 17.7 Å². The Morgan fingerprint density at radius 3 is 2.53 bits per heavy atom. The minimum atomic E-state index is -0.560. The van der Waals surface area contributed by atoms with Crippen LogP contribution in [0.15, 0.2) is 66.0 Å². The van der Waals surface area contributed by atoms with Crippen molar-refractivity contribution in [2.45, 2.75) is 19.4 Å². The van der Waals surface area contributed by atoms with Crippen LogP contribution in [0.25, 0.3) is 10.4 Å². The van der Waals surface area contributed by atoms with Crippen LogP contribution in [0, 0.1) is 0 Å². The quantitative estimate of drug-likeness (QED) is 0.645. The first-order chi connectivity index (χ1) is 15.4. The van der Waals surface area contributed by atoms with Gasteiger partial charge in [-0.2, -0.15) is 0 Å². The summed E-state index contributed by atoms with van der Waals surface area (Å²) in [6.45, 7) is 2.41. The minimum Gasteiger partial charge on any atom is -0.342 e. The molecule has 164 valence electrons. The summed E-state index contributed by atoms with van der Waals surface area (Å²) in [5.41, 5.74) is 3.25. The number of thiophene rings is 1. The summed E-state index contributed by atoms with van der Waals surface area (Å²) in [5, 5.41) is 4.74. The van der Waals surface area contributed by atoms with Crippen molar-refractivity contribution in [2.75, 3.05) is 25.5 Å². The molecule has 1 fully saturated rings. The molecule has 0 unspecified atom stereocenters. The molecule has 1 atom stereocenters. The van der Waals surface area contributed by atoms with Crippen molar-refractivity contribution in [1.29, 1.82) is 0 Å². The van der Waals surface area contributed by atoms with Gasteiger partial charge in [-0.3, -0.25) is 14.4 Å². The lowest BCUT2D eigenvalue weighted by Gasteiger charge is -2.39. The average Bonchev–Trinajstić information content (AvgIpc) is 3.32. The van der Waals surface area contributed by atoms with E-state index in [9.17, 15) is 14.4 Å². The molecule has 2 heterocycles. The summed E-state index contributed by atoms with van der Waals surface area (Å²) in [7, 11) is 1.78. The van der Waals surface area contributed by atoms with Crippen molar-refractivity contribution >= 4 is 34.7 Å². The lowest BCUT2D eigenvalue weighted by atomic mass is 9.98. The Bertz CT molecular complexity index is 1130. The molecule has 0 saturated carbocycles. The number of anilines is 1. The minimum absolute atomic E-state index is 0.0546. The van der Waals surface area contributed by atoms with Gasteiger partial charge in [0.05, 0.1) is 0 Å². The molecular formula is C25H25N3O3S. The van der Waals surface area contributed by atoms with Gasteiger partial charge in [0.15, 0.2) is 0 Å². The summed E-state index contributed by atoms with van der Waals surface area (Å²) in [4.78, 5) is 42.1. The molecule has 3 amide bonds. The van der Waals surface area contributed by atoms with Crippen molar-refractivity contribution in [3.05, 3.63) is 77.2 Å². The van der Waals surface area contributed by atoms with Crippen LogP contribution in [0.4, 0.5) is 5.69 Å². The molecule has 1 aromatic heterocycles. The highest BCUT2D eigenvalue weighted by molar-refractivity contribution is 7.13. The molecule has 2 aromatic carbocycles. The van der Waals surface area contributed by atoms with E-state index < -0.39 is 6.04 Å². The molecule has 32 heavy (non-hydrogen) atoms. The Kier molecular flexibility index (Phi) is 6.37. The third kappa shape index (κ3) is 4.73. The molecule has 6 nitrogen and oxygen atoms in total. The standard InChI is InChI=1S/C25H25N3O3S/c1-17(29)26-21-10-8-19(9-11-21)24(30)28-13-12-27(2)25(31)22(28)16-18-5-3-6-20(15-18)23-7-4-14-32-23/h3-11,14-15,22H,12-13,16H2,1-2H3,(H,26,29)/t22-/m0/s1. The van der Waals surface area contributed by atoms with E-state index in [1.165, 1.54) is 11.8 Å². The summed E-state index contributed by atoms with van der Waals surface area (Å²) < 4.78 is 0. The molecule has 3 aromatic rings. The maximum atomic E-state index is 13.3. The van der Waals surface area contributed by atoms with Crippen LogP contribution in [0.3, 0.4) is 0 Å². The molecule has 0 bridgehead atoms. The highest BCUT2D eigenvalue weighted by Gasteiger charge is 2.36. The summed E-state index contributed by atoms with van der Waals surface area (Å²) in [5.74, 6) is -0.403. The molecule has 0 radical (unpaired) electrons. The number of nitrogens with one attached hydrogen (secondary N) is 1. The van der Waals surface area contributed by atoms with Crippen LogP contribution in [-0.2, 0) is 16.0 Å². The number of carbonyl (C=O) groups is 3. The molecule has 1 aliphatic rings. The van der Waals surface area contributed by atoms with Gasteiger partial charge in [0.25, 0.3) is 5.91 Å². The second-order valence-electron chi connectivity index (χ2n) is 7.91. The Hall–Kier alpha value is -3.45. The fraction of sp³-hybridized carbons (Fsp3) is 0.240. The summed E-state index contributed by atoms with van der Waals surface area (Å²) >= 11 is 1.67. The van der Waals surface area contributed by atoms with Crippen LogP contribution < -0.4 is 5.32 Å². The topological polar surface area (TPSA) is 69.7 Å². The zero-order valence-corrected chi connectivity index (χ0v) is 18.9. The molecule has 1 aliphatic heterocycles. The third-order valence-corrected chi connectivity index (χ3v) is 6.51. The fourth-order valence-corrected chi connectivity index (χ4v) is 4.66. The predicted molar refractivity (Wildman–Crippen MR) is 127 cm³/mol. The Morgan fingerprint density at radius 2 is 1.84 bits per heavy atom. The monoisotopic (exact) mass is 447 g/mol. The van der Waals surface area contributed by atoms with E-state index in [2.05, 4.69) is 23.5 Å². The molecule has 1 saturated heterocycles. The number of likely N-dealkylation sites (N-methyl/N-ethyl adjacent to an activating group) is 1. The maximum Gasteiger partial charge on any atom is 0.254 e. The van der Waals surface area contributed by atoms with Crippen molar-refractivity contribution < 1.29 is 14.4 Å². The van der Waals surface area contributed by atoms with Gasteiger partial charge >= 0.3 is 0 Å². The molecule has 7 heteroatoms. The van der Waals surface area contributed by atoms with Gasteiger partial charge in [-0.15, -0.1) is 11.3 Å². The van der Waals surface area contributed by atoms with Crippen molar-refractivity contribution in [3.63, 3.8) is 0 Å². The average molecular weight is 448 g/mol. The number of benzene rings is 2. The molecular weight excluding hydrogens is 422 g/mol. The van der Waals surface area contributed by atoms with E-state index in [1.54, 1.807) is 52.4 Å². The first-order valence-corrected chi connectivity index (χ1v) is 11.4. The van der Waals surface area contributed by atoms with E-state index in [4.69, 9.17) is 0 Å². The number of hydrogen-bond donors (Lipinski definition) is 1. The number of piperazine rings is 1. The summed E-state index contributed by atoms with van der Waals surface area (Å²) in [6, 6.07) is 18.5. The predicted octanol–water partition coefficient (Wildman–Crippen LogP) is 3.90. The SMILES string of the molecule is CC(=O)Nc1ccc(C(=O)N2CCN(C)C(=O)[C@@H]2Cc2cccc(-c3cccs3)c2)cc1. The van der Waals surface area contributed by atoms with Gasteiger partial charge in [-0.25, -0.2) is 0 Å². The van der Waals surface area contributed by atoms with Crippen molar-refractivity contribution in [2.24, 2.45) is 0 Å². The Labute approximate surface area is 191 Å². The number of nitrogens with zero attached hydrogens (tertiary/aromatic N) is 2. The fourth-order valence-electron chi connectivity index (χ4n) is 3.93. The van der Waals surface area contributed by atoms with Gasteiger partial charge in [0.2, 0.25) is 11.8 Å². The second-order valence-corrected chi connectivity index (χ2v) is 8.86. The second kappa shape index (κ2) is 9.36. The zero-order valence-electron chi connectivity index (χ0n) is 18.1.